The number of hydrogen-bond donors (Lipinski definition) is 0. The topological polar surface area (TPSA) is 61.9 Å². The van der Waals surface area contributed by atoms with Crippen molar-refractivity contribution in [1.29, 1.82) is 0 Å². The van der Waals surface area contributed by atoms with Crippen LogP contribution >= 0.6 is 0 Å². The molecule has 0 saturated heterocycles. The van der Waals surface area contributed by atoms with Crippen LogP contribution in [0.1, 0.15) is 18.3 Å². The number of ether oxygens (including phenoxy) is 1. The van der Waals surface area contributed by atoms with E-state index in [-0.39, 0.29) is 5.56 Å². The Morgan fingerprint density at radius 1 is 1.15 bits per heavy atom. The van der Waals surface area contributed by atoms with Crippen LogP contribution < -0.4 is 10.3 Å². The summed E-state index contributed by atoms with van der Waals surface area (Å²) >= 11 is 0. The van der Waals surface area contributed by atoms with Gasteiger partial charge in [-0.3, -0.25) is 4.79 Å². The summed E-state index contributed by atoms with van der Waals surface area (Å²) in [4.78, 5) is 17.5. The number of hydrogen-bond acceptors (Lipinski definition) is 4. The Kier molecular flexibility index (Phi) is 4.24. The van der Waals surface area contributed by atoms with Crippen LogP contribution in [0.2, 0.25) is 0 Å². The lowest BCUT2D eigenvalue weighted by Crippen LogP contribution is -2.22. The molecule has 0 spiro atoms. The number of aromatic nitrogens is 4. The third-order valence-electron chi connectivity index (χ3n) is 4.77. The van der Waals surface area contributed by atoms with E-state index < -0.39 is 0 Å². The first-order chi connectivity index (χ1) is 13.2. The van der Waals surface area contributed by atoms with Crippen LogP contribution in [0.3, 0.4) is 0 Å². The summed E-state index contributed by atoms with van der Waals surface area (Å²) in [5.74, 6) is 1.29. The molecule has 0 aliphatic carbocycles. The number of aryl methyl sites for hydroxylation is 2. The SMILES string of the molecule is CCc1c2c(=O)n(-c3ccccn3)ncc2c(C)n1-c1cccc(OC)c1. The van der Waals surface area contributed by atoms with Gasteiger partial charge in [-0.05, 0) is 37.6 Å². The van der Waals surface area contributed by atoms with Gasteiger partial charge < -0.3 is 9.30 Å². The molecule has 136 valence electrons. The molecule has 27 heavy (non-hydrogen) atoms. The first kappa shape index (κ1) is 17.0. The number of benzene rings is 1. The van der Waals surface area contributed by atoms with E-state index in [2.05, 4.69) is 21.6 Å². The molecule has 6 heteroatoms. The van der Waals surface area contributed by atoms with E-state index >= 15 is 0 Å². The molecule has 0 aliphatic heterocycles. The van der Waals surface area contributed by atoms with E-state index in [0.29, 0.717) is 17.6 Å². The molecule has 3 heterocycles. The summed E-state index contributed by atoms with van der Waals surface area (Å²) in [7, 11) is 1.65. The standard InChI is InChI=1S/C21H20N4O2/c1-4-18-20-17(13-23-25(21(20)26)19-10-5-6-11-22-19)14(2)24(18)15-8-7-9-16(12-15)27-3/h5-13H,4H2,1-3H3. The molecule has 0 fully saturated rings. The second-order valence-electron chi connectivity index (χ2n) is 6.26. The van der Waals surface area contributed by atoms with Crippen molar-refractivity contribution in [3.05, 3.63) is 76.6 Å². The maximum absolute atomic E-state index is 13.3. The normalized spacial score (nSPS) is 11.1. The fraction of sp³-hybridized carbons (Fsp3) is 0.190. The van der Waals surface area contributed by atoms with Crippen LogP contribution in [0.5, 0.6) is 5.75 Å². The van der Waals surface area contributed by atoms with Crippen molar-refractivity contribution in [2.45, 2.75) is 20.3 Å². The van der Waals surface area contributed by atoms with E-state index in [4.69, 9.17) is 4.74 Å². The van der Waals surface area contributed by atoms with Gasteiger partial charge in [-0.2, -0.15) is 9.78 Å². The third kappa shape index (κ3) is 2.70. The third-order valence-corrected chi connectivity index (χ3v) is 4.77. The molecule has 6 nitrogen and oxygen atoms in total. The number of nitrogens with zero attached hydrogens (tertiary/aromatic N) is 4. The summed E-state index contributed by atoms with van der Waals surface area (Å²) in [5.41, 5.74) is 2.73. The monoisotopic (exact) mass is 360 g/mol. The van der Waals surface area contributed by atoms with Crippen LogP contribution in [0.15, 0.2) is 59.7 Å². The number of methoxy groups -OCH3 is 1. The zero-order chi connectivity index (χ0) is 19.0. The maximum atomic E-state index is 13.3. The summed E-state index contributed by atoms with van der Waals surface area (Å²) in [5, 5.41) is 5.89. The Hall–Kier alpha value is -3.41. The number of fused-ring (bicyclic) bond motifs is 1. The Bertz CT molecular complexity index is 1180. The highest BCUT2D eigenvalue weighted by molar-refractivity contribution is 5.88. The smallest absolute Gasteiger partial charge is 0.282 e. The van der Waals surface area contributed by atoms with Gasteiger partial charge in [-0.15, -0.1) is 0 Å². The molecule has 0 atom stereocenters. The summed E-state index contributed by atoms with van der Waals surface area (Å²) < 4.78 is 8.83. The molecule has 3 aromatic heterocycles. The van der Waals surface area contributed by atoms with Gasteiger partial charge in [0, 0.05) is 34.7 Å². The van der Waals surface area contributed by atoms with Crippen LogP contribution in [-0.2, 0) is 6.42 Å². The van der Waals surface area contributed by atoms with Gasteiger partial charge in [0.25, 0.3) is 5.56 Å². The van der Waals surface area contributed by atoms with Gasteiger partial charge in [0.2, 0.25) is 0 Å². The van der Waals surface area contributed by atoms with Crippen molar-refractivity contribution in [3.63, 3.8) is 0 Å². The number of rotatable bonds is 4. The van der Waals surface area contributed by atoms with E-state index in [1.165, 1.54) is 4.68 Å². The van der Waals surface area contributed by atoms with Crippen molar-refractivity contribution in [2.75, 3.05) is 7.11 Å². The van der Waals surface area contributed by atoms with Crippen LogP contribution in [0.25, 0.3) is 22.3 Å². The molecule has 4 aromatic rings. The van der Waals surface area contributed by atoms with Gasteiger partial charge in [-0.1, -0.05) is 19.1 Å². The molecular weight excluding hydrogens is 340 g/mol. The predicted octanol–water partition coefficient (Wildman–Crippen LogP) is 3.45. The molecule has 0 unspecified atom stereocenters. The predicted molar refractivity (Wildman–Crippen MR) is 105 cm³/mol. The Morgan fingerprint density at radius 2 is 2.00 bits per heavy atom. The van der Waals surface area contributed by atoms with Gasteiger partial charge in [-0.25, -0.2) is 4.98 Å². The quantitative estimate of drug-likeness (QED) is 0.559. The summed E-state index contributed by atoms with van der Waals surface area (Å²) in [6.45, 7) is 4.06. The average molecular weight is 360 g/mol. The minimum atomic E-state index is -0.159. The van der Waals surface area contributed by atoms with Crippen LogP contribution in [0, 0.1) is 6.92 Å². The zero-order valence-corrected chi connectivity index (χ0v) is 15.5. The zero-order valence-electron chi connectivity index (χ0n) is 15.5. The first-order valence-electron chi connectivity index (χ1n) is 8.83. The molecule has 0 bridgehead atoms. The second kappa shape index (κ2) is 6.72. The van der Waals surface area contributed by atoms with Gasteiger partial charge >= 0.3 is 0 Å². The molecule has 4 rings (SSSR count). The molecule has 0 amide bonds. The molecule has 0 N–H and O–H groups in total. The largest absolute Gasteiger partial charge is 0.497 e. The van der Waals surface area contributed by atoms with Gasteiger partial charge in [0.05, 0.1) is 18.7 Å². The first-order valence-corrected chi connectivity index (χ1v) is 8.83. The second-order valence-corrected chi connectivity index (χ2v) is 6.26. The maximum Gasteiger partial charge on any atom is 0.282 e. The minimum Gasteiger partial charge on any atom is -0.497 e. The Labute approximate surface area is 156 Å². The van der Waals surface area contributed by atoms with Crippen molar-refractivity contribution in [2.24, 2.45) is 0 Å². The lowest BCUT2D eigenvalue weighted by atomic mass is 10.2. The highest BCUT2D eigenvalue weighted by Crippen LogP contribution is 2.28. The lowest BCUT2D eigenvalue weighted by molar-refractivity contribution is 0.414. The molecule has 0 saturated carbocycles. The summed E-state index contributed by atoms with van der Waals surface area (Å²) in [6, 6.07) is 13.3. The Morgan fingerprint density at radius 3 is 2.70 bits per heavy atom. The van der Waals surface area contributed by atoms with Crippen molar-refractivity contribution >= 4 is 10.8 Å². The van der Waals surface area contributed by atoms with Crippen LogP contribution in [0.4, 0.5) is 0 Å². The van der Waals surface area contributed by atoms with E-state index in [1.807, 2.05) is 43.3 Å². The van der Waals surface area contributed by atoms with E-state index in [1.54, 1.807) is 25.6 Å². The molecule has 1 aromatic carbocycles. The molecule has 0 radical (unpaired) electrons. The Balaban J connectivity index is 2.04. The van der Waals surface area contributed by atoms with Crippen LogP contribution in [-0.4, -0.2) is 26.4 Å². The molecular formula is C21H20N4O2. The van der Waals surface area contributed by atoms with Gasteiger partial charge in [0.15, 0.2) is 5.82 Å². The van der Waals surface area contributed by atoms with Crippen molar-refractivity contribution < 1.29 is 4.74 Å². The van der Waals surface area contributed by atoms with Crippen molar-refractivity contribution in [1.82, 2.24) is 19.3 Å². The van der Waals surface area contributed by atoms with Crippen molar-refractivity contribution in [3.8, 4) is 17.3 Å². The van der Waals surface area contributed by atoms with E-state index in [9.17, 15) is 4.79 Å². The number of pyridine rings is 1. The summed E-state index contributed by atoms with van der Waals surface area (Å²) in [6.07, 6.45) is 4.11. The molecule has 0 aliphatic rings. The fourth-order valence-electron chi connectivity index (χ4n) is 3.52. The minimum absolute atomic E-state index is 0.159. The lowest BCUT2D eigenvalue weighted by Gasteiger charge is -2.12. The fourth-order valence-corrected chi connectivity index (χ4v) is 3.52. The van der Waals surface area contributed by atoms with E-state index in [0.717, 1.165) is 28.2 Å². The van der Waals surface area contributed by atoms with Gasteiger partial charge in [0.1, 0.15) is 5.75 Å². The highest BCUT2D eigenvalue weighted by atomic mass is 16.5. The average Bonchev–Trinajstić information content (AvgIpc) is 3.01. The highest BCUT2D eigenvalue weighted by Gasteiger charge is 2.19.